The molecule has 3 nitrogen and oxygen atoms in total. The molecule has 2 rings (SSSR count). The lowest BCUT2D eigenvalue weighted by atomic mass is 10.1. The van der Waals surface area contributed by atoms with Gasteiger partial charge in [0.1, 0.15) is 0 Å². The predicted molar refractivity (Wildman–Crippen MR) is 56.1 cm³/mol. The topological polar surface area (TPSA) is 38.3 Å². The number of ether oxygens (including phenoxy) is 1. The molecule has 16 heavy (non-hydrogen) atoms. The quantitative estimate of drug-likeness (QED) is 0.845. The van der Waals surface area contributed by atoms with Gasteiger partial charge in [-0.25, -0.2) is 8.78 Å². The zero-order valence-electron chi connectivity index (χ0n) is 8.10. The van der Waals surface area contributed by atoms with Gasteiger partial charge in [-0.15, -0.1) is 0 Å². The van der Waals surface area contributed by atoms with Crippen molar-refractivity contribution < 1.29 is 18.3 Å². The SMILES string of the molecule is O=C(NC1COC1)c1cc(Br)cc(F)c1F. The molecule has 0 aromatic heterocycles. The summed E-state index contributed by atoms with van der Waals surface area (Å²) >= 11 is 3.00. The second-order valence-electron chi connectivity index (χ2n) is 3.46. The van der Waals surface area contributed by atoms with Gasteiger partial charge in [-0.05, 0) is 12.1 Å². The summed E-state index contributed by atoms with van der Waals surface area (Å²) < 4.78 is 31.5. The van der Waals surface area contributed by atoms with Crippen LogP contribution in [0.3, 0.4) is 0 Å². The molecule has 0 aliphatic carbocycles. The lowest BCUT2D eigenvalue weighted by Crippen LogP contribution is -2.48. The first-order valence-electron chi connectivity index (χ1n) is 4.61. The molecule has 0 spiro atoms. The van der Waals surface area contributed by atoms with E-state index >= 15 is 0 Å². The maximum atomic E-state index is 13.3. The number of hydrogen-bond acceptors (Lipinski definition) is 2. The Morgan fingerprint density at radius 1 is 1.44 bits per heavy atom. The molecule has 0 saturated carbocycles. The summed E-state index contributed by atoms with van der Waals surface area (Å²) in [6, 6.07) is 2.10. The van der Waals surface area contributed by atoms with Crippen LogP contribution in [0, 0.1) is 11.6 Å². The molecule has 0 bridgehead atoms. The number of halogens is 3. The highest BCUT2D eigenvalue weighted by molar-refractivity contribution is 9.10. The van der Waals surface area contributed by atoms with E-state index in [0.29, 0.717) is 17.7 Å². The normalized spacial score (nSPS) is 15.7. The van der Waals surface area contributed by atoms with Crippen LogP contribution in [0.1, 0.15) is 10.4 Å². The van der Waals surface area contributed by atoms with Crippen LogP contribution in [0.4, 0.5) is 8.78 Å². The molecule has 1 aromatic rings. The molecule has 1 aliphatic rings. The van der Waals surface area contributed by atoms with Crippen LogP contribution in [0.5, 0.6) is 0 Å². The summed E-state index contributed by atoms with van der Waals surface area (Å²) in [4.78, 5) is 11.6. The van der Waals surface area contributed by atoms with Crippen molar-refractivity contribution in [3.8, 4) is 0 Å². The Kier molecular flexibility index (Phi) is 3.20. The van der Waals surface area contributed by atoms with Gasteiger partial charge in [-0.2, -0.15) is 0 Å². The number of nitrogens with one attached hydrogen (secondary N) is 1. The molecule has 86 valence electrons. The smallest absolute Gasteiger partial charge is 0.254 e. The minimum Gasteiger partial charge on any atom is -0.377 e. The standard InChI is InChI=1S/C10H8BrF2NO2/c11-5-1-7(9(13)8(12)2-5)10(15)14-6-3-16-4-6/h1-2,6H,3-4H2,(H,14,15). The Morgan fingerprint density at radius 3 is 2.69 bits per heavy atom. The lowest BCUT2D eigenvalue weighted by Gasteiger charge is -2.26. The molecular formula is C10H8BrF2NO2. The molecule has 1 aliphatic heterocycles. The fourth-order valence-corrected chi connectivity index (χ4v) is 1.73. The first kappa shape index (κ1) is 11.5. The first-order chi connectivity index (χ1) is 7.58. The highest BCUT2D eigenvalue weighted by Crippen LogP contribution is 2.19. The summed E-state index contributed by atoms with van der Waals surface area (Å²) in [5.41, 5.74) is -0.307. The van der Waals surface area contributed by atoms with Crippen molar-refractivity contribution in [3.63, 3.8) is 0 Å². The van der Waals surface area contributed by atoms with Gasteiger partial charge in [0, 0.05) is 4.47 Å². The van der Waals surface area contributed by atoms with Crippen molar-refractivity contribution in [2.24, 2.45) is 0 Å². The Bertz CT molecular complexity index is 435. The van der Waals surface area contributed by atoms with Crippen molar-refractivity contribution in [1.82, 2.24) is 5.32 Å². The van der Waals surface area contributed by atoms with E-state index in [0.717, 1.165) is 6.07 Å². The molecule has 6 heteroatoms. The second-order valence-corrected chi connectivity index (χ2v) is 4.37. The molecular weight excluding hydrogens is 284 g/mol. The van der Waals surface area contributed by atoms with Crippen LogP contribution < -0.4 is 5.32 Å². The Hall–Kier alpha value is -1.01. The molecule has 1 aromatic carbocycles. The number of rotatable bonds is 2. The third kappa shape index (κ3) is 2.22. The van der Waals surface area contributed by atoms with Crippen LogP contribution in [0.25, 0.3) is 0 Å². The molecule has 0 radical (unpaired) electrons. The van der Waals surface area contributed by atoms with Crippen LogP contribution in [-0.4, -0.2) is 25.2 Å². The number of amides is 1. The van der Waals surface area contributed by atoms with Gasteiger partial charge in [0.15, 0.2) is 11.6 Å². The van der Waals surface area contributed by atoms with Crippen LogP contribution in [-0.2, 0) is 4.74 Å². The van der Waals surface area contributed by atoms with E-state index in [1.165, 1.54) is 6.07 Å². The molecule has 0 atom stereocenters. The van der Waals surface area contributed by atoms with Crippen molar-refractivity contribution >= 4 is 21.8 Å². The third-order valence-corrected chi connectivity index (χ3v) is 2.67. The fraction of sp³-hybridized carbons (Fsp3) is 0.300. The molecule has 1 heterocycles. The van der Waals surface area contributed by atoms with Gasteiger partial charge in [0.25, 0.3) is 5.91 Å². The van der Waals surface area contributed by atoms with Crippen LogP contribution >= 0.6 is 15.9 Å². The van der Waals surface area contributed by atoms with E-state index in [1.54, 1.807) is 0 Å². The molecule has 1 saturated heterocycles. The average Bonchev–Trinajstić information content (AvgIpc) is 2.17. The minimum absolute atomic E-state index is 0.117. The van der Waals surface area contributed by atoms with E-state index in [2.05, 4.69) is 21.2 Å². The summed E-state index contributed by atoms with van der Waals surface area (Å²) in [5, 5.41) is 2.54. The second kappa shape index (κ2) is 4.47. The Morgan fingerprint density at radius 2 is 2.12 bits per heavy atom. The van der Waals surface area contributed by atoms with Gasteiger partial charge in [-0.3, -0.25) is 4.79 Å². The van der Waals surface area contributed by atoms with E-state index in [1.807, 2.05) is 0 Å². The van der Waals surface area contributed by atoms with Gasteiger partial charge < -0.3 is 10.1 Å². The maximum absolute atomic E-state index is 13.3. The zero-order valence-corrected chi connectivity index (χ0v) is 9.68. The minimum atomic E-state index is -1.14. The van der Waals surface area contributed by atoms with Crippen molar-refractivity contribution in [2.45, 2.75) is 6.04 Å². The van der Waals surface area contributed by atoms with Crippen LogP contribution in [0.2, 0.25) is 0 Å². The van der Waals surface area contributed by atoms with Gasteiger partial charge in [-0.1, -0.05) is 15.9 Å². The summed E-state index contributed by atoms with van der Waals surface area (Å²) in [5.74, 6) is -2.82. The van der Waals surface area contributed by atoms with Crippen molar-refractivity contribution in [3.05, 3.63) is 33.8 Å². The van der Waals surface area contributed by atoms with Gasteiger partial charge >= 0.3 is 0 Å². The summed E-state index contributed by atoms with van der Waals surface area (Å²) in [7, 11) is 0. The number of hydrogen-bond donors (Lipinski definition) is 1. The largest absolute Gasteiger partial charge is 0.377 e. The average molecular weight is 292 g/mol. The number of benzene rings is 1. The number of carbonyl (C=O) groups excluding carboxylic acids is 1. The Balaban J connectivity index is 2.21. The fourth-order valence-electron chi connectivity index (χ4n) is 1.30. The van der Waals surface area contributed by atoms with E-state index in [4.69, 9.17) is 4.74 Å². The summed E-state index contributed by atoms with van der Waals surface area (Å²) in [6.07, 6.45) is 0. The van der Waals surface area contributed by atoms with Crippen LogP contribution in [0.15, 0.2) is 16.6 Å². The third-order valence-electron chi connectivity index (χ3n) is 2.21. The zero-order chi connectivity index (χ0) is 11.7. The van der Waals surface area contributed by atoms with Gasteiger partial charge in [0.2, 0.25) is 0 Å². The number of carbonyl (C=O) groups is 1. The summed E-state index contributed by atoms with van der Waals surface area (Å²) in [6.45, 7) is 0.813. The predicted octanol–water partition coefficient (Wildman–Crippen LogP) is 1.86. The molecule has 1 amide bonds. The monoisotopic (exact) mass is 291 g/mol. The van der Waals surface area contributed by atoms with E-state index < -0.39 is 17.5 Å². The lowest BCUT2D eigenvalue weighted by molar-refractivity contribution is -0.00354. The maximum Gasteiger partial charge on any atom is 0.254 e. The molecule has 0 unspecified atom stereocenters. The highest BCUT2D eigenvalue weighted by atomic mass is 79.9. The molecule has 1 fully saturated rings. The van der Waals surface area contributed by atoms with Gasteiger partial charge in [0.05, 0.1) is 24.8 Å². The van der Waals surface area contributed by atoms with Crippen molar-refractivity contribution in [1.29, 1.82) is 0 Å². The first-order valence-corrected chi connectivity index (χ1v) is 5.40. The Labute approximate surface area is 98.9 Å². The van der Waals surface area contributed by atoms with E-state index in [9.17, 15) is 13.6 Å². The molecule has 1 N–H and O–H groups in total. The highest BCUT2D eigenvalue weighted by Gasteiger charge is 2.23. The van der Waals surface area contributed by atoms with Crippen molar-refractivity contribution in [2.75, 3.05) is 13.2 Å². The van der Waals surface area contributed by atoms with E-state index in [-0.39, 0.29) is 11.6 Å².